The standard InChI is InChI=1S/C13H26IOP/c1-8-15-13(14)12(9(2)3)16(10(4)5)11(6)7/h9-11H,8H2,1-7H3/b13-12-. The molecule has 0 saturated heterocycles. The molecule has 3 heteroatoms. The van der Waals surface area contributed by atoms with Gasteiger partial charge < -0.3 is 4.74 Å². The molecule has 0 aromatic heterocycles. The highest BCUT2D eigenvalue weighted by atomic mass is 127. The van der Waals surface area contributed by atoms with Gasteiger partial charge in [-0.15, -0.1) is 0 Å². The van der Waals surface area contributed by atoms with E-state index in [1.807, 2.05) is 0 Å². The van der Waals surface area contributed by atoms with E-state index in [4.69, 9.17) is 4.74 Å². The van der Waals surface area contributed by atoms with Gasteiger partial charge in [-0.3, -0.25) is 0 Å². The van der Waals surface area contributed by atoms with Gasteiger partial charge in [0.15, 0.2) is 3.77 Å². The Morgan fingerprint density at radius 3 is 1.75 bits per heavy atom. The van der Waals surface area contributed by atoms with E-state index < -0.39 is 0 Å². The van der Waals surface area contributed by atoms with Gasteiger partial charge in [0, 0.05) is 5.31 Å². The summed E-state index contributed by atoms with van der Waals surface area (Å²) in [6.07, 6.45) is 0. The molecule has 0 aromatic carbocycles. The minimum absolute atomic E-state index is 0.0854. The third-order valence-corrected chi connectivity index (χ3v) is 7.23. The van der Waals surface area contributed by atoms with E-state index in [0.29, 0.717) is 5.92 Å². The normalized spacial score (nSPS) is 14.0. The maximum absolute atomic E-state index is 5.73. The molecule has 0 N–H and O–H groups in total. The first-order valence-electron chi connectivity index (χ1n) is 6.13. The van der Waals surface area contributed by atoms with Crippen LogP contribution in [0.4, 0.5) is 0 Å². The maximum Gasteiger partial charge on any atom is 0.160 e. The highest BCUT2D eigenvalue weighted by molar-refractivity contribution is 14.1. The predicted molar refractivity (Wildman–Crippen MR) is 84.7 cm³/mol. The van der Waals surface area contributed by atoms with Crippen LogP contribution in [0.1, 0.15) is 48.5 Å². The van der Waals surface area contributed by atoms with Crippen molar-refractivity contribution in [3.8, 4) is 0 Å². The van der Waals surface area contributed by atoms with Gasteiger partial charge >= 0.3 is 0 Å². The Balaban J connectivity index is 5.23. The van der Waals surface area contributed by atoms with Crippen LogP contribution < -0.4 is 0 Å². The number of hydrogen-bond donors (Lipinski definition) is 0. The molecule has 1 nitrogen and oxygen atoms in total. The molecular formula is C13H26IOP. The topological polar surface area (TPSA) is 9.23 Å². The van der Waals surface area contributed by atoms with E-state index in [0.717, 1.165) is 21.7 Å². The van der Waals surface area contributed by atoms with Gasteiger partial charge in [0.1, 0.15) is 0 Å². The molecule has 96 valence electrons. The average molecular weight is 356 g/mol. The molecule has 0 aliphatic carbocycles. The van der Waals surface area contributed by atoms with E-state index in [2.05, 4.69) is 71.1 Å². The summed E-state index contributed by atoms with van der Waals surface area (Å²) < 4.78 is 6.87. The van der Waals surface area contributed by atoms with E-state index in [1.54, 1.807) is 5.31 Å². The summed E-state index contributed by atoms with van der Waals surface area (Å²) in [6, 6.07) is 0. The Morgan fingerprint density at radius 2 is 1.50 bits per heavy atom. The first kappa shape index (κ1) is 16.7. The predicted octanol–water partition coefficient (Wildman–Crippen LogP) is 5.58. The van der Waals surface area contributed by atoms with Gasteiger partial charge in [0.2, 0.25) is 0 Å². The molecular weight excluding hydrogens is 330 g/mol. The van der Waals surface area contributed by atoms with Gasteiger partial charge in [-0.05, 0) is 46.8 Å². The lowest BCUT2D eigenvalue weighted by Gasteiger charge is -2.31. The van der Waals surface area contributed by atoms with Crippen LogP contribution in [0, 0.1) is 5.92 Å². The molecule has 0 bridgehead atoms. The largest absolute Gasteiger partial charge is 0.488 e. The summed E-state index contributed by atoms with van der Waals surface area (Å²) in [6.45, 7) is 16.7. The van der Waals surface area contributed by atoms with Crippen molar-refractivity contribution < 1.29 is 4.74 Å². The maximum atomic E-state index is 5.73. The Bertz CT molecular complexity index is 226. The molecule has 16 heavy (non-hydrogen) atoms. The zero-order chi connectivity index (χ0) is 12.9. The highest BCUT2D eigenvalue weighted by Crippen LogP contribution is 2.57. The lowest BCUT2D eigenvalue weighted by Crippen LogP contribution is -2.10. The molecule has 0 atom stereocenters. The number of hydrogen-bond acceptors (Lipinski definition) is 1. The second kappa shape index (κ2) is 7.92. The molecule has 0 unspecified atom stereocenters. The van der Waals surface area contributed by atoms with Crippen molar-refractivity contribution in [1.82, 2.24) is 0 Å². The Morgan fingerprint density at radius 1 is 1.06 bits per heavy atom. The summed E-state index contributed by atoms with van der Waals surface area (Å²) >= 11 is 2.37. The van der Waals surface area contributed by atoms with Crippen molar-refractivity contribution in [2.75, 3.05) is 6.61 Å². The summed E-state index contributed by atoms with van der Waals surface area (Å²) in [5.41, 5.74) is 1.47. The van der Waals surface area contributed by atoms with Crippen molar-refractivity contribution in [2.45, 2.75) is 59.8 Å². The number of ether oxygens (including phenoxy) is 1. The smallest absolute Gasteiger partial charge is 0.160 e. The van der Waals surface area contributed by atoms with E-state index in [1.165, 1.54) is 0 Å². The van der Waals surface area contributed by atoms with Crippen molar-refractivity contribution in [1.29, 1.82) is 0 Å². The molecule has 0 aliphatic rings. The van der Waals surface area contributed by atoms with E-state index >= 15 is 0 Å². The van der Waals surface area contributed by atoms with Crippen LogP contribution in [0.5, 0.6) is 0 Å². The van der Waals surface area contributed by atoms with Crippen LogP contribution in [0.25, 0.3) is 0 Å². The fraction of sp³-hybridized carbons (Fsp3) is 0.846. The fourth-order valence-corrected chi connectivity index (χ4v) is 6.92. The third-order valence-electron chi connectivity index (χ3n) is 2.41. The van der Waals surface area contributed by atoms with E-state index in [-0.39, 0.29) is 7.92 Å². The molecule has 0 heterocycles. The monoisotopic (exact) mass is 356 g/mol. The third kappa shape index (κ3) is 4.91. The molecule has 0 radical (unpaired) electrons. The van der Waals surface area contributed by atoms with E-state index in [9.17, 15) is 0 Å². The quantitative estimate of drug-likeness (QED) is 0.343. The average Bonchev–Trinajstić information content (AvgIpc) is 2.11. The number of rotatable bonds is 6. The molecule has 0 amide bonds. The molecule has 0 rings (SSSR count). The minimum atomic E-state index is -0.0854. The zero-order valence-corrected chi connectivity index (χ0v) is 14.7. The minimum Gasteiger partial charge on any atom is -0.488 e. The van der Waals surface area contributed by atoms with Crippen LogP contribution in [0.15, 0.2) is 9.08 Å². The number of halogens is 1. The molecule has 0 aromatic rings. The lowest BCUT2D eigenvalue weighted by atomic mass is 10.2. The molecule has 0 fully saturated rings. The second-order valence-electron chi connectivity index (χ2n) is 4.84. The van der Waals surface area contributed by atoms with Crippen LogP contribution in [-0.2, 0) is 4.74 Å². The zero-order valence-electron chi connectivity index (χ0n) is 11.7. The Kier molecular flexibility index (Phi) is 8.26. The highest BCUT2D eigenvalue weighted by Gasteiger charge is 2.26. The van der Waals surface area contributed by atoms with Gasteiger partial charge in [-0.25, -0.2) is 0 Å². The van der Waals surface area contributed by atoms with Gasteiger partial charge in [0.25, 0.3) is 0 Å². The number of allylic oxidation sites excluding steroid dienone is 1. The molecule has 0 saturated carbocycles. The first-order valence-corrected chi connectivity index (χ1v) is 8.69. The molecule has 0 aliphatic heterocycles. The van der Waals surface area contributed by atoms with Gasteiger partial charge in [-0.2, -0.15) is 0 Å². The first-order chi connectivity index (χ1) is 7.32. The SMILES string of the molecule is CCO/C(I)=C(/C(C)C)P(C(C)C)C(C)C. The van der Waals surface area contributed by atoms with Crippen LogP contribution in [0.2, 0.25) is 0 Å². The van der Waals surface area contributed by atoms with Crippen LogP contribution >= 0.6 is 30.5 Å². The summed E-state index contributed by atoms with van der Waals surface area (Å²) in [4.78, 5) is 0. The Hall–Kier alpha value is 0.700. The summed E-state index contributed by atoms with van der Waals surface area (Å²) in [5, 5.41) is 1.56. The Labute approximate surface area is 116 Å². The lowest BCUT2D eigenvalue weighted by molar-refractivity contribution is 0.260. The summed E-state index contributed by atoms with van der Waals surface area (Å²) in [7, 11) is -0.0854. The van der Waals surface area contributed by atoms with Crippen molar-refractivity contribution in [2.24, 2.45) is 5.92 Å². The van der Waals surface area contributed by atoms with Gasteiger partial charge in [0.05, 0.1) is 6.61 Å². The van der Waals surface area contributed by atoms with Crippen LogP contribution in [-0.4, -0.2) is 17.9 Å². The van der Waals surface area contributed by atoms with Crippen LogP contribution in [0.3, 0.4) is 0 Å². The molecule has 0 spiro atoms. The second-order valence-corrected chi connectivity index (χ2v) is 9.18. The van der Waals surface area contributed by atoms with Crippen molar-refractivity contribution >= 4 is 30.5 Å². The van der Waals surface area contributed by atoms with Gasteiger partial charge in [-0.1, -0.05) is 49.5 Å². The fourth-order valence-electron chi connectivity index (χ4n) is 1.98. The van der Waals surface area contributed by atoms with Crippen molar-refractivity contribution in [3.05, 3.63) is 9.08 Å². The van der Waals surface area contributed by atoms with Crippen molar-refractivity contribution in [3.63, 3.8) is 0 Å². The summed E-state index contributed by atoms with van der Waals surface area (Å²) in [5.74, 6) is 0.592.